The van der Waals surface area contributed by atoms with Crippen molar-refractivity contribution in [3.63, 3.8) is 0 Å². The van der Waals surface area contributed by atoms with E-state index in [0.717, 1.165) is 4.68 Å². The molecule has 2 atom stereocenters. The maximum absolute atomic E-state index is 13.5. The third-order valence-corrected chi connectivity index (χ3v) is 4.31. The first-order chi connectivity index (χ1) is 12.9. The molecule has 0 saturated carbocycles. The van der Waals surface area contributed by atoms with Crippen molar-refractivity contribution >= 4 is 11.7 Å². The lowest BCUT2D eigenvalue weighted by Gasteiger charge is -2.32. The molecule has 3 aromatic rings. The lowest BCUT2D eigenvalue weighted by atomic mass is 10.0. The second-order valence-corrected chi connectivity index (χ2v) is 6.13. The average Bonchev–Trinajstić information content (AvgIpc) is 3.38. The fraction of sp³-hybridized carbons (Fsp3) is 0.294. The van der Waals surface area contributed by atoms with Crippen molar-refractivity contribution < 1.29 is 26.8 Å². The highest BCUT2D eigenvalue weighted by Crippen LogP contribution is 2.43. The largest absolute Gasteiger partial charge is 0.467 e. The molecule has 0 bridgehead atoms. The van der Waals surface area contributed by atoms with Gasteiger partial charge in [0.1, 0.15) is 17.3 Å². The van der Waals surface area contributed by atoms with Crippen LogP contribution in [0.15, 0.2) is 51.7 Å². The summed E-state index contributed by atoms with van der Waals surface area (Å²) >= 11 is 0. The standard InChI is InChI=1S/C17H15F3N4O3/c18-17(19,20)14-7-11(13-4-2-6-27-13)22-15-8-12(23-24(14)15)16(25)21-9-10-3-1-5-26-10/h1-6,8,11,14,22H,7,9H2,(H,21,25)/t11-,14+/m1/s1. The van der Waals surface area contributed by atoms with Gasteiger partial charge in [0.25, 0.3) is 5.91 Å². The summed E-state index contributed by atoms with van der Waals surface area (Å²) in [5.74, 6) is 0.427. The molecule has 1 amide bonds. The first-order valence-electron chi connectivity index (χ1n) is 8.18. The third-order valence-electron chi connectivity index (χ3n) is 4.31. The van der Waals surface area contributed by atoms with Gasteiger partial charge in [0.2, 0.25) is 0 Å². The van der Waals surface area contributed by atoms with Crippen LogP contribution in [0.1, 0.15) is 40.5 Å². The van der Waals surface area contributed by atoms with E-state index in [2.05, 4.69) is 15.7 Å². The molecular formula is C17H15F3N4O3. The lowest BCUT2D eigenvalue weighted by Crippen LogP contribution is -2.35. The Labute approximate surface area is 151 Å². The number of halogens is 3. The highest BCUT2D eigenvalue weighted by Gasteiger charge is 2.47. The summed E-state index contributed by atoms with van der Waals surface area (Å²) in [6, 6.07) is 5.32. The number of aromatic nitrogens is 2. The van der Waals surface area contributed by atoms with Crippen LogP contribution in [0.4, 0.5) is 19.0 Å². The molecular weight excluding hydrogens is 365 g/mol. The molecule has 0 spiro atoms. The molecule has 0 fully saturated rings. The van der Waals surface area contributed by atoms with Gasteiger partial charge in [-0.15, -0.1) is 0 Å². The van der Waals surface area contributed by atoms with Gasteiger partial charge in [0.15, 0.2) is 11.7 Å². The minimum Gasteiger partial charge on any atom is -0.467 e. The average molecular weight is 380 g/mol. The number of hydrogen-bond donors (Lipinski definition) is 2. The van der Waals surface area contributed by atoms with Crippen LogP contribution in [0.5, 0.6) is 0 Å². The molecule has 1 aliphatic heterocycles. The summed E-state index contributed by atoms with van der Waals surface area (Å²) < 4.78 is 51.8. The normalized spacial score (nSPS) is 19.4. The molecule has 0 saturated heterocycles. The smallest absolute Gasteiger partial charge is 0.410 e. The Hall–Kier alpha value is -3.17. The van der Waals surface area contributed by atoms with E-state index in [1.54, 1.807) is 24.3 Å². The minimum absolute atomic E-state index is 0.105. The molecule has 4 heterocycles. The summed E-state index contributed by atoms with van der Waals surface area (Å²) in [6.45, 7) is 0.110. The third kappa shape index (κ3) is 3.42. The Morgan fingerprint density at radius 1 is 1.30 bits per heavy atom. The second-order valence-electron chi connectivity index (χ2n) is 6.13. The summed E-state index contributed by atoms with van der Waals surface area (Å²) in [5.41, 5.74) is -0.113. The molecule has 7 nitrogen and oxygen atoms in total. The van der Waals surface area contributed by atoms with Crippen LogP contribution in [0.25, 0.3) is 0 Å². The van der Waals surface area contributed by atoms with Crippen molar-refractivity contribution in [1.29, 1.82) is 0 Å². The van der Waals surface area contributed by atoms with E-state index in [1.165, 1.54) is 18.6 Å². The first kappa shape index (κ1) is 17.3. The van der Waals surface area contributed by atoms with Gasteiger partial charge in [0, 0.05) is 12.5 Å². The van der Waals surface area contributed by atoms with E-state index in [1.807, 2.05) is 0 Å². The van der Waals surface area contributed by atoms with Gasteiger partial charge < -0.3 is 19.5 Å². The van der Waals surface area contributed by atoms with Crippen molar-refractivity contribution in [2.75, 3.05) is 5.32 Å². The quantitative estimate of drug-likeness (QED) is 0.722. The molecule has 0 radical (unpaired) electrons. The summed E-state index contributed by atoms with van der Waals surface area (Å²) in [5, 5.41) is 9.40. The molecule has 1 aliphatic rings. The highest BCUT2D eigenvalue weighted by atomic mass is 19.4. The Kier molecular flexibility index (Phi) is 4.17. The van der Waals surface area contributed by atoms with Gasteiger partial charge in [-0.2, -0.15) is 18.3 Å². The molecule has 0 aromatic carbocycles. The van der Waals surface area contributed by atoms with Gasteiger partial charge in [-0.25, -0.2) is 4.68 Å². The molecule has 3 aromatic heterocycles. The van der Waals surface area contributed by atoms with E-state index in [-0.39, 0.29) is 24.5 Å². The fourth-order valence-corrected chi connectivity index (χ4v) is 3.03. The summed E-state index contributed by atoms with van der Waals surface area (Å²) in [7, 11) is 0. The number of anilines is 1. The van der Waals surface area contributed by atoms with Crippen LogP contribution in [-0.4, -0.2) is 21.9 Å². The number of amides is 1. The predicted molar refractivity (Wildman–Crippen MR) is 86.9 cm³/mol. The monoisotopic (exact) mass is 380 g/mol. The number of nitrogens with zero attached hydrogens (tertiary/aromatic N) is 2. The van der Waals surface area contributed by atoms with Gasteiger partial charge in [-0.1, -0.05) is 0 Å². The Morgan fingerprint density at radius 2 is 2.07 bits per heavy atom. The van der Waals surface area contributed by atoms with Crippen molar-refractivity contribution in [2.45, 2.75) is 31.2 Å². The van der Waals surface area contributed by atoms with Crippen LogP contribution in [-0.2, 0) is 6.54 Å². The van der Waals surface area contributed by atoms with E-state index in [4.69, 9.17) is 8.83 Å². The Bertz CT molecular complexity index is 916. The van der Waals surface area contributed by atoms with Gasteiger partial charge in [-0.3, -0.25) is 4.79 Å². The van der Waals surface area contributed by atoms with Crippen LogP contribution >= 0.6 is 0 Å². The maximum atomic E-state index is 13.5. The van der Waals surface area contributed by atoms with Crippen molar-refractivity contribution in [3.05, 3.63) is 60.1 Å². The maximum Gasteiger partial charge on any atom is 0.410 e. The second kappa shape index (κ2) is 6.53. The fourth-order valence-electron chi connectivity index (χ4n) is 3.03. The summed E-state index contributed by atoms with van der Waals surface area (Å²) in [6.07, 6.45) is -1.95. The number of carbonyl (C=O) groups excluding carboxylic acids is 1. The molecule has 27 heavy (non-hydrogen) atoms. The van der Waals surface area contributed by atoms with Gasteiger partial charge in [-0.05, 0) is 24.3 Å². The van der Waals surface area contributed by atoms with Crippen molar-refractivity contribution in [1.82, 2.24) is 15.1 Å². The van der Waals surface area contributed by atoms with Gasteiger partial charge >= 0.3 is 6.18 Å². The van der Waals surface area contributed by atoms with Crippen LogP contribution in [0.2, 0.25) is 0 Å². The minimum atomic E-state index is -4.52. The Balaban J connectivity index is 1.58. The zero-order chi connectivity index (χ0) is 19.0. The van der Waals surface area contributed by atoms with E-state index in [9.17, 15) is 18.0 Å². The lowest BCUT2D eigenvalue weighted by molar-refractivity contribution is -0.174. The highest BCUT2D eigenvalue weighted by molar-refractivity contribution is 5.93. The molecule has 4 rings (SSSR count). The van der Waals surface area contributed by atoms with Gasteiger partial charge in [0.05, 0.1) is 25.1 Å². The number of fused-ring (bicyclic) bond motifs is 1. The van der Waals surface area contributed by atoms with Crippen LogP contribution in [0.3, 0.4) is 0 Å². The number of furan rings is 2. The number of nitrogens with one attached hydrogen (secondary N) is 2. The number of rotatable bonds is 4. The van der Waals surface area contributed by atoms with Crippen molar-refractivity contribution in [3.8, 4) is 0 Å². The number of hydrogen-bond acceptors (Lipinski definition) is 5. The molecule has 0 aliphatic carbocycles. The molecule has 142 valence electrons. The van der Waals surface area contributed by atoms with E-state index in [0.29, 0.717) is 11.5 Å². The predicted octanol–water partition coefficient (Wildman–Crippen LogP) is 3.66. The zero-order valence-corrected chi connectivity index (χ0v) is 13.9. The molecule has 10 heteroatoms. The molecule has 0 unspecified atom stereocenters. The summed E-state index contributed by atoms with van der Waals surface area (Å²) in [4.78, 5) is 12.3. The topological polar surface area (TPSA) is 85.2 Å². The Morgan fingerprint density at radius 3 is 2.74 bits per heavy atom. The molecule has 2 N–H and O–H groups in total. The van der Waals surface area contributed by atoms with E-state index < -0.39 is 24.2 Å². The van der Waals surface area contributed by atoms with Crippen molar-refractivity contribution in [2.24, 2.45) is 0 Å². The van der Waals surface area contributed by atoms with Crippen LogP contribution in [0, 0.1) is 0 Å². The van der Waals surface area contributed by atoms with E-state index >= 15 is 0 Å². The SMILES string of the molecule is O=C(NCc1ccco1)c1cc2n(n1)[C@H](C(F)(F)F)C[C@H](c1ccco1)N2. The number of alkyl halides is 3. The number of carbonyl (C=O) groups is 1. The zero-order valence-electron chi connectivity index (χ0n) is 13.9. The first-order valence-corrected chi connectivity index (χ1v) is 8.18. The van der Waals surface area contributed by atoms with Crippen LogP contribution < -0.4 is 10.6 Å².